The molecule has 0 saturated carbocycles. The SMILES string of the molecule is CCC(C)CN(CC)c1ncccc1[C@H](C)O. The molecule has 0 amide bonds. The number of anilines is 1. The Labute approximate surface area is 104 Å². The van der Waals surface area contributed by atoms with Gasteiger partial charge in [0.05, 0.1) is 6.10 Å². The van der Waals surface area contributed by atoms with Gasteiger partial charge >= 0.3 is 0 Å². The topological polar surface area (TPSA) is 36.4 Å². The van der Waals surface area contributed by atoms with Crippen LogP contribution in [0.1, 0.15) is 45.8 Å². The lowest BCUT2D eigenvalue weighted by atomic mass is 10.1. The van der Waals surface area contributed by atoms with Crippen molar-refractivity contribution in [1.82, 2.24) is 4.98 Å². The highest BCUT2D eigenvalue weighted by atomic mass is 16.3. The van der Waals surface area contributed by atoms with Crippen LogP contribution < -0.4 is 4.90 Å². The van der Waals surface area contributed by atoms with Crippen molar-refractivity contribution in [3.63, 3.8) is 0 Å². The van der Waals surface area contributed by atoms with Gasteiger partial charge in [0.25, 0.3) is 0 Å². The molecule has 0 aliphatic rings. The van der Waals surface area contributed by atoms with Crippen LogP contribution in [0.3, 0.4) is 0 Å². The second kappa shape index (κ2) is 6.60. The molecule has 1 aromatic heterocycles. The van der Waals surface area contributed by atoms with Gasteiger partial charge < -0.3 is 10.0 Å². The molecule has 1 heterocycles. The van der Waals surface area contributed by atoms with Crippen molar-refractivity contribution < 1.29 is 5.11 Å². The van der Waals surface area contributed by atoms with Gasteiger partial charge in [-0.2, -0.15) is 0 Å². The Kier molecular flexibility index (Phi) is 5.42. The fourth-order valence-corrected chi connectivity index (χ4v) is 1.87. The van der Waals surface area contributed by atoms with Gasteiger partial charge in [0.15, 0.2) is 0 Å². The molecule has 1 N–H and O–H groups in total. The van der Waals surface area contributed by atoms with Gasteiger partial charge in [-0.15, -0.1) is 0 Å². The van der Waals surface area contributed by atoms with Crippen molar-refractivity contribution in [2.24, 2.45) is 5.92 Å². The van der Waals surface area contributed by atoms with Gasteiger partial charge in [-0.25, -0.2) is 4.98 Å². The van der Waals surface area contributed by atoms with Crippen molar-refractivity contribution in [3.8, 4) is 0 Å². The van der Waals surface area contributed by atoms with Crippen LogP contribution in [-0.4, -0.2) is 23.2 Å². The summed E-state index contributed by atoms with van der Waals surface area (Å²) in [6, 6.07) is 3.83. The number of hydrogen-bond acceptors (Lipinski definition) is 3. The molecule has 0 fully saturated rings. The number of aliphatic hydroxyl groups is 1. The minimum atomic E-state index is -0.468. The molecule has 1 rings (SSSR count). The van der Waals surface area contributed by atoms with Crippen LogP contribution in [0.15, 0.2) is 18.3 Å². The second-order valence-electron chi connectivity index (χ2n) is 4.64. The molecule has 2 atom stereocenters. The van der Waals surface area contributed by atoms with Gasteiger partial charge in [-0.1, -0.05) is 26.3 Å². The van der Waals surface area contributed by atoms with Crippen molar-refractivity contribution in [1.29, 1.82) is 0 Å². The summed E-state index contributed by atoms with van der Waals surface area (Å²) < 4.78 is 0. The highest BCUT2D eigenvalue weighted by Crippen LogP contribution is 2.24. The molecule has 3 heteroatoms. The zero-order chi connectivity index (χ0) is 12.8. The summed E-state index contributed by atoms with van der Waals surface area (Å²) in [5.74, 6) is 1.56. The fourth-order valence-electron chi connectivity index (χ4n) is 1.87. The second-order valence-corrected chi connectivity index (χ2v) is 4.64. The number of nitrogens with zero attached hydrogens (tertiary/aromatic N) is 2. The standard InChI is InChI=1S/C14H24N2O/c1-5-11(3)10-16(6-2)14-13(12(4)17)8-7-9-15-14/h7-9,11-12,17H,5-6,10H2,1-4H3/t11?,12-/m0/s1. The first-order valence-electron chi connectivity index (χ1n) is 6.48. The van der Waals surface area contributed by atoms with E-state index in [0.717, 1.165) is 30.9 Å². The molecular formula is C14H24N2O. The number of aromatic nitrogens is 1. The lowest BCUT2D eigenvalue weighted by Crippen LogP contribution is -2.30. The lowest BCUT2D eigenvalue weighted by Gasteiger charge is -2.27. The van der Waals surface area contributed by atoms with E-state index in [9.17, 15) is 5.11 Å². The predicted molar refractivity (Wildman–Crippen MR) is 72.2 cm³/mol. The molecule has 1 aromatic rings. The number of pyridine rings is 1. The molecule has 0 aliphatic heterocycles. The Morgan fingerprint density at radius 1 is 1.35 bits per heavy atom. The minimum absolute atomic E-state index is 0.468. The Hall–Kier alpha value is -1.09. The average molecular weight is 236 g/mol. The van der Waals surface area contributed by atoms with Gasteiger partial charge in [0, 0.05) is 24.8 Å². The zero-order valence-corrected chi connectivity index (χ0v) is 11.3. The van der Waals surface area contributed by atoms with Crippen LogP contribution in [0.5, 0.6) is 0 Å². The first-order valence-corrected chi connectivity index (χ1v) is 6.48. The quantitative estimate of drug-likeness (QED) is 0.825. The molecule has 0 bridgehead atoms. The third kappa shape index (κ3) is 3.70. The summed E-state index contributed by atoms with van der Waals surface area (Å²) in [5.41, 5.74) is 0.914. The van der Waals surface area contributed by atoms with Crippen LogP contribution >= 0.6 is 0 Å². The predicted octanol–water partition coefficient (Wildman–Crippen LogP) is 3.01. The molecule has 0 saturated heterocycles. The first-order chi connectivity index (χ1) is 8.10. The van der Waals surface area contributed by atoms with Gasteiger partial charge in [-0.05, 0) is 25.8 Å². The van der Waals surface area contributed by atoms with Crippen LogP contribution in [-0.2, 0) is 0 Å². The fraction of sp³-hybridized carbons (Fsp3) is 0.643. The van der Waals surface area contributed by atoms with Gasteiger partial charge in [0.2, 0.25) is 0 Å². The molecule has 17 heavy (non-hydrogen) atoms. The normalized spacial score (nSPS) is 14.4. The van der Waals surface area contributed by atoms with Crippen molar-refractivity contribution in [2.75, 3.05) is 18.0 Å². The monoisotopic (exact) mass is 236 g/mol. The molecule has 0 aromatic carbocycles. The van der Waals surface area contributed by atoms with Crippen molar-refractivity contribution >= 4 is 5.82 Å². The largest absolute Gasteiger partial charge is 0.389 e. The van der Waals surface area contributed by atoms with Crippen LogP contribution in [0.4, 0.5) is 5.82 Å². The Balaban J connectivity index is 2.94. The van der Waals surface area contributed by atoms with E-state index in [4.69, 9.17) is 0 Å². The molecule has 0 spiro atoms. The van der Waals surface area contributed by atoms with E-state index < -0.39 is 6.10 Å². The van der Waals surface area contributed by atoms with E-state index in [0.29, 0.717) is 5.92 Å². The summed E-state index contributed by atoms with van der Waals surface area (Å²) in [4.78, 5) is 6.67. The highest BCUT2D eigenvalue weighted by molar-refractivity contribution is 5.47. The smallest absolute Gasteiger partial charge is 0.134 e. The minimum Gasteiger partial charge on any atom is -0.389 e. The summed E-state index contributed by atoms with van der Waals surface area (Å²) in [5, 5.41) is 9.77. The summed E-state index contributed by atoms with van der Waals surface area (Å²) >= 11 is 0. The first kappa shape index (κ1) is 14.0. The maximum absolute atomic E-state index is 9.77. The van der Waals surface area contributed by atoms with Gasteiger partial charge in [-0.3, -0.25) is 0 Å². The molecular weight excluding hydrogens is 212 g/mol. The van der Waals surface area contributed by atoms with Gasteiger partial charge in [0.1, 0.15) is 5.82 Å². The summed E-state index contributed by atoms with van der Waals surface area (Å²) in [6.45, 7) is 10.3. The van der Waals surface area contributed by atoms with E-state index in [2.05, 4.69) is 30.7 Å². The van der Waals surface area contributed by atoms with E-state index in [1.165, 1.54) is 0 Å². The van der Waals surface area contributed by atoms with E-state index in [1.54, 1.807) is 13.1 Å². The maximum atomic E-state index is 9.77. The van der Waals surface area contributed by atoms with Crippen molar-refractivity contribution in [2.45, 2.75) is 40.2 Å². The molecule has 1 unspecified atom stereocenters. The Morgan fingerprint density at radius 3 is 2.59 bits per heavy atom. The number of aliphatic hydroxyl groups excluding tert-OH is 1. The average Bonchev–Trinajstić information content (AvgIpc) is 2.35. The Morgan fingerprint density at radius 2 is 2.06 bits per heavy atom. The zero-order valence-electron chi connectivity index (χ0n) is 11.3. The lowest BCUT2D eigenvalue weighted by molar-refractivity contribution is 0.199. The van der Waals surface area contributed by atoms with Crippen LogP contribution in [0.25, 0.3) is 0 Å². The number of hydrogen-bond donors (Lipinski definition) is 1. The van der Waals surface area contributed by atoms with Crippen LogP contribution in [0.2, 0.25) is 0 Å². The van der Waals surface area contributed by atoms with E-state index >= 15 is 0 Å². The Bertz CT molecular complexity index is 339. The molecule has 96 valence electrons. The third-order valence-corrected chi connectivity index (χ3v) is 3.18. The van der Waals surface area contributed by atoms with Crippen LogP contribution in [0, 0.1) is 5.92 Å². The molecule has 3 nitrogen and oxygen atoms in total. The van der Waals surface area contributed by atoms with E-state index in [1.807, 2.05) is 12.1 Å². The number of rotatable bonds is 6. The molecule has 0 aliphatic carbocycles. The third-order valence-electron chi connectivity index (χ3n) is 3.18. The highest BCUT2D eigenvalue weighted by Gasteiger charge is 2.15. The summed E-state index contributed by atoms with van der Waals surface area (Å²) in [7, 11) is 0. The van der Waals surface area contributed by atoms with Crippen molar-refractivity contribution in [3.05, 3.63) is 23.9 Å². The van der Waals surface area contributed by atoms with E-state index in [-0.39, 0.29) is 0 Å². The summed E-state index contributed by atoms with van der Waals surface area (Å²) in [6.07, 6.45) is 2.48. The molecule has 0 radical (unpaired) electrons. The maximum Gasteiger partial charge on any atom is 0.134 e.